The molecule has 1 aliphatic rings. The number of rotatable bonds is 5. The molecule has 0 aliphatic carbocycles. The van der Waals surface area contributed by atoms with E-state index in [9.17, 15) is 4.79 Å². The average molecular weight is 412 g/mol. The zero-order chi connectivity index (χ0) is 21.0. The molecular formula is C25H24N4O2. The molecule has 0 saturated heterocycles. The maximum atomic E-state index is 12.4. The van der Waals surface area contributed by atoms with Crippen LogP contribution in [0.15, 0.2) is 66.7 Å². The van der Waals surface area contributed by atoms with Gasteiger partial charge in [-0.2, -0.15) is 0 Å². The number of fused-ring (bicyclic) bond motifs is 2. The molecule has 0 atom stereocenters. The van der Waals surface area contributed by atoms with Crippen LogP contribution in [0.2, 0.25) is 0 Å². The van der Waals surface area contributed by atoms with Gasteiger partial charge in [0.25, 0.3) is 5.91 Å². The Balaban J connectivity index is 1.24. The third-order valence-electron chi connectivity index (χ3n) is 5.64. The molecule has 0 fully saturated rings. The highest BCUT2D eigenvalue weighted by Gasteiger charge is 2.16. The Hall–Kier alpha value is -3.67. The molecule has 0 radical (unpaired) electrons. The first-order valence-electron chi connectivity index (χ1n) is 10.7. The molecule has 156 valence electrons. The summed E-state index contributed by atoms with van der Waals surface area (Å²) in [5.41, 5.74) is 1.73. The van der Waals surface area contributed by atoms with Crippen LogP contribution >= 0.6 is 0 Å². The van der Waals surface area contributed by atoms with E-state index in [1.54, 1.807) is 0 Å². The predicted molar refractivity (Wildman–Crippen MR) is 121 cm³/mol. The van der Waals surface area contributed by atoms with Gasteiger partial charge in [0.2, 0.25) is 0 Å². The number of ether oxygens (including phenoxy) is 1. The quantitative estimate of drug-likeness (QED) is 0.509. The summed E-state index contributed by atoms with van der Waals surface area (Å²) in [7, 11) is 0. The molecule has 0 spiro atoms. The van der Waals surface area contributed by atoms with Gasteiger partial charge in [0.15, 0.2) is 12.4 Å². The minimum Gasteiger partial charge on any atom is -0.483 e. The molecular weight excluding hydrogens is 388 g/mol. The minimum absolute atomic E-state index is 0.0482. The normalized spacial score (nSPS) is 13.4. The van der Waals surface area contributed by atoms with Crippen LogP contribution in [-0.4, -0.2) is 27.3 Å². The minimum atomic E-state index is -0.197. The Morgan fingerprint density at radius 3 is 2.68 bits per heavy atom. The van der Waals surface area contributed by atoms with Crippen LogP contribution in [0, 0.1) is 0 Å². The Bertz CT molecular complexity index is 1210. The van der Waals surface area contributed by atoms with Gasteiger partial charge in [0.1, 0.15) is 11.6 Å². The lowest BCUT2D eigenvalue weighted by molar-refractivity contribution is -0.118. The van der Waals surface area contributed by atoms with Crippen molar-refractivity contribution in [3.8, 4) is 17.1 Å². The van der Waals surface area contributed by atoms with E-state index in [1.165, 1.54) is 12.8 Å². The summed E-state index contributed by atoms with van der Waals surface area (Å²) in [6.45, 7) is 0.912. The van der Waals surface area contributed by atoms with Gasteiger partial charge in [-0.25, -0.2) is 0 Å². The summed E-state index contributed by atoms with van der Waals surface area (Å²) in [4.78, 5) is 12.4. The number of amides is 1. The fourth-order valence-corrected chi connectivity index (χ4v) is 4.06. The van der Waals surface area contributed by atoms with Gasteiger partial charge in [-0.05, 0) is 48.6 Å². The number of carbonyl (C=O) groups is 1. The standard InChI is InChI=1S/C25H24N4O2/c30-24(17-31-22-10-6-8-18-7-3-4-9-21(18)22)26-20-14-12-19(13-15-20)25-28-27-23-11-2-1-5-16-29(23)25/h3-4,6-10,12-15H,1-2,5,11,16-17H2,(H,26,30). The third kappa shape index (κ3) is 4.14. The summed E-state index contributed by atoms with van der Waals surface area (Å²) in [6.07, 6.45) is 4.54. The highest BCUT2D eigenvalue weighted by atomic mass is 16.5. The predicted octanol–water partition coefficient (Wildman–Crippen LogP) is 4.84. The van der Waals surface area contributed by atoms with Crippen molar-refractivity contribution >= 4 is 22.4 Å². The maximum absolute atomic E-state index is 12.4. The second-order valence-corrected chi connectivity index (χ2v) is 7.79. The van der Waals surface area contributed by atoms with Crippen LogP contribution in [0.3, 0.4) is 0 Å². The molecule has 1 N–H and O–H groups in total. The molecule has 3 aromatic carbocycles. The van der Waals surface area contributed by atoms with Crippen LogP contribution in [-0.2, 0) is 17.8 Å². The molecule has 1 amide bonds. The largest absolute Gasteiger partial charge is 0.483 e. The average Bonchev–Trinajstić information content (AvgIpc) is 3.06. The molecule has 5 rings (SSSR count). The smallest absolute Gasteiger partial charge is 0.262 e. The second kappa shape index (κ2) is 8.60. The number of carbonyl (C=O) groups excluding carboxylic acids is 1. The lowest BCUT2D eigenvalue weighted by Gasteiger charge is -2.11. The Morgan fingerprint density at radius 1 is 0.935 bits per heavy atom. The van der Waals surface area contributed by atoms with Crippen LogP contribution in [0.25, 0.3) is 22.2 Å². The monoisotopic (exact) mass is 412 g/mol. The molecule has 0 bridgehead atoms. The summed E-state index contributed by atoms with van der Waals surface area (Å²) >= 11 is 0. The van der Waals surface area contributed by atoms with Crippen molar-refractivity contribution in [2.45, 2.75) is 32.2 Å². The van der Waals surface area contributed by atoms with E-state index >= 15 is 0 Å². The molecule has 1 aromatic heterocycles. The van der Waals surface area contributed by atoms with Crippen molar-refractivity contribution in [1.29, 1.82) is 0 Å². The van der Waals surface area contributed by atoms with Crippen LogP contribution < -0.4 is 10.1 Å². The fourth-order valence-electron chi connectivity index (χ4n) is 4.06. The first kappa shape index (κ1) is 19.3. The summed E-state index contributed by atoms with van der Waals surface area (Å²) < 4.78 is 8.00. The van der Waals surface area contributed by atoms with E-state index in [1.807, 2.05) is 66.7 Å². The highest BCUT2D eigenvalue weighted by molar-refractivity contribution is 5.93. The summed E-state index contributed by atoms with van der Waals surface area (Å²) in [5, 5.41) is 13.7. The van der Waals surface area contributed by atoms with Crippen LogP contribution in [0.1, 0.15) is 25.1 Å². The Labute approximate surface area is 180 Å². The Kier molecular flexibility index (Phi) is 5.35. The van der Waals surface area contributed by atoms with Crippen molar-refractivity contribution < 1.29 is 9.53 Å². The van der Waals surface area contributed by atoms with E-state index in [-0.39, 0.29) is 12.5 Å². The van der Waals surface area contributed by atoms with Crippen molar-refractivity contribution in [3.63, 3.8) is 0 Å². The fraction of sp³-hybridized carbons (Fsp3) is 0.240. The van der Waals surface area contributed by atoms with E-state index in [0.29, 0.717) is 5.75 Å². The number of aromatic nitrogens is 3. The third-order valence-corrected chi connectivity index (χ3v) is 5.64. The molecule has 6 nitrogen and oxygen atoms in total. The van der Waals surface area contributed by atoms with Crippen LogP contribution in [0.5, 0.6) is 5.75 Å². The molecule has 4 aromatic rings. The van der Waals surface area contributed by atoms with Crippen molar-refractivity contribution in [1.82, 2.24) is 14.8 Å². The van der Waals surface area contributed by atoms with Gasteiger partial charge in [0, 0.05) is 29.6 Å². The van der Waals surface area contributed by atoms with Crippen molar-refractivity contribution in [2.24, 2.45) is 0 Å². The number of hydrogen-bond acceptors (Lipinski definition) is 4. The van der Waals surface area contributed by atoms with Gasteiger partial charge < -0.3 is 14.6 Å². The van der Waals surface area contributed by atoms with E-state index in [2.05, 4.69) is 20.1 Å². The number of nitrogens with zero attached hydrogens (tertiary/aromatic N) is 3. The van der Waals surface area contributed by atoms with E-state index < -0.39 is 0 Å². The molecule has 0 saturated carbocycles. The molecule has 2 heterocycles. The van der Waals surface area contributed by atoms with Crippen molar-refractivity contribution in [3.05, 3.63) is 72.6 Å². The van der Waals surface area contributed by atoms with Gasteiger partial charge >= 0.3 is 0 Å². The number of nitrogens with one attached hydrogen (secondary N) is 1. The number of benzene rings is 3. The van der Waals surface area contributed by atoms with E-state index in [4.69, 9.17) is 4.74 Å². The number of hydrogen-bond donors (Lipinski definition) is 1. The number of aryl methyl sites for hydroxylation is 1. The van der Waals surface area contributed by atoms with Gasteiger partial charge in [-0.1, -0.05) is 42.8 Å². The second-order valence-electron chi connectivity index (χ2n) is 7.79. The molecule has 6 heteroatoms. The zero-order valence-corrected chi connectivity index (χ0v) is 17.3. The Morgan fingerprint density at radius 2 is 1.77 bits per heavy atom. The zero-order valence-electron chi connectivity index (χ0n) is 17.3. The first-order valence-corrected chi connectivity index (χ1v) is 10.7. The summed E-state index contributed by atoms with van der Waals surface area (Å²) in [6, 6.07) is 21.5. The lowest BCUT2D eigenvalue weighted by atomic mass is 10.1. The molecule has 1 aliphatic heterocycles. The van der Waals surface area contributed by atoms with Gasteiger partial charge in [-0.15, -0.1) is 10.2 Å². The summed E-state index contributed by atoms with van der Waals surface area (Å²) in [5.74, 6) is 2.47. The van der Waals surface area contributed by atoms with Crippen molar-refractivity contribution in [2.75, 3.05) is 11.9 Å². The van der Waals surface area contributed by atoms with E-state index in [0.717, 1.165) is 53.1 Å². The number of anilines is 1. The highest BCUT2D eigenvalue weighted by Crippen LogP contribution is 2.26. The van der Waals surface area contributed by atoms with Gasteiger partial charge in [-0.3, -0.25) is 4.79 Å². The van der Waals surface area contributed by atoms with Gasteiger partial charge in [0.05, 0.1) is 0 Å². The topological polar surface area (TPSA) is 69.0 Å². The molecule has 31 heavy (non-hydrogen) atoms. The molecule has 0 unspecified atom stereocenters. The first-order chi connectivity index (χ1) is 15.3. The lowest BCUT2D eigenvalue weighted by Crippen LogP contribution is -2.20. The maximum Gasteiger partial charge on any atom is 0.262 e. The van der Waals surface area contributed by atoms with Crippen LogP contribution in [0.4, 0.5) is 5.69 Å². The SMILES string of the molecule is O=C(COc1cccc2ccccc12)Nc1ccc(-c2nnc3n2CCCCC3)cc1.